The average molecular weight is 410 g/mol. The van der Waals surface area contributed by atoms with Gasteiger partial charge in [-0.2, -0.15) is 5.10 Å². The van der Waals surface area contributed by atoms with E-state index in [0.717, 1.165) is 55.2 Å². The van der Waals surface area contributed by atoms with Gasteiger partial charge in [0.15, 0.2) is 0 Å². The maximum Gasteiger partial charge on any atom is 0.227 e. The van der Waals surface area contributed by atoms with Crippen LogP contribution in [-0.2, 0) is 16.0 Å². The first-order valence-electron chi connectivity index (χ1n) is 9.30. The maximum atomic E-state index is 12.8. The molecule has 0 radical (unpaired) electrons. The van der Waals surface area contributed by atoms with E-state index >= 15 is 0 Å². The molecule has 27 heavy (non-hydrogen) atoms. The van der Waals surface area contributed by atoms with Gasteiger partial charge in [-0.25, -0.2) is 4.68 Å². The highest BCUT2D eigenvalue weighted by atomic mass is 35.5. The molecule has 1 aromatic heterocycles. The molecule has 1 amide bonds. The molecule has 0 spiro atoms. The molecule has 1 saturated heterocycles. The minimum absolute atomic E-state index is 0.137. The number of carbonyl (C=O) groups excluding carboxylic acids is 1. The first-order valence-corrected chi connectivity index (χ1v) is 10.1. The standard InChI is InChI=1S/C20H25Cl2N3O2/c1-4-27-16-7-9-24(10-8-16)20(26)12-17-13(2)23-25(14(17)3)19-6-5-15(21)11-18(19)22/h5-6,11,16H,4,7-10,12H2,1-3H3. The van der Waals surface area contributed by atoms with Crippen molar-refractivity contribution in [2.75, 3.05) is 19.7 Å². The Balaban J connectivity index is 1.74. The van der Waals surface area contributed by atoms with Crippen molar-refractivity contribution < 1.29 is 9.53 Å². The number of hydrogen-bond donors (Lipinski definition) is 0. The highest BCUT2D eigenvalue weighted by Crippen LogP contribution is 2.27. The summed E-state index contributed by atoms with van der Waals surface area (Å²) < 4.78 is 7.46. The molecule has 0 aliphatic carbocycles. The van der Waals surface area contributed by atoms with Gasteiger partial charge < -0.3 is 9.64 Å². The van der Waals surface area contributed by atoms with Gasteiger partial charge in [-0.1, -0.05) is 23.2 Å². The third-order valence-corrected chi connectivity index (χ3v) is 5.64. The molecule has 0 atom stereocenters. The van der Waals surface area contributed by atoms with Gasteiger partial charge >= 0.3 is 0 Å². The molecule has 0 saturated carbocycles. The molecule has 146 valence electrons. The number of nitrogens with zero attached hydrogens (tertiary/aromatic N) is 3. The summed E-state index contributed by atoms with van der Waals surface area (Å²) in [6.45, 7) is 8.13. The van der Waals surface area contributed by atoms with E-state index in [1.54, 1.807) is 16.8 Å². The van der Waals surface area contributed by atoms with Crippen molar-refractivity contribution >= 4 is 29.1 Å². The number of hydrogen-bond acceptors (Lipinski definition) is 3. The van der Waals surface area contributed by atoms with Crippen LogP contribution in [-0.4, -0.2) is 46.4 Å². The number of aromatic nitrogens is 2. The molecular formula is C20H25Cl2N3O2. The van der Waals surface area contributed by atoms with Crippen LogP contribution in [0.3, 0.4) is 0 Å². The summed E-state index contributed by atoms with van der Waals surface area (Å²) in [4.78, 5) is 14.7. The Labute approximate surface area is 170 Å². The van der Waals surface area contributed by atoms with Crippen LogP contribution < -0.4 is 0 Å². The van der Waals surface area contributed by atoms with Crippen LogP contribution in [0.4, 0.5) is 0 Å². The first kappa shape index (κ1) is 20.2. The minimum atomic E-state index is 0.137. The Bertz CT molecular complexity index is 827. The molecule has 0 N–H and O–H groups in total. The third kappa shape index (κ3) is 4.48. The molecular weight excluding hydrogens is 385 g/mol. The van der Waals surface area contributed by atoms with Crippen LogP contribution in [0.5, 0.6) is 0 Å². The van der Waals surface area contributed by atoms with Crippen LogP contribution in [0.15, 0.2) is 18.2 Å². The predicted octanol–water partition coefficient (Wildman–Crippen LogP) is 4.37. The zero-order valence-electron chi connectivity index (χ0n) is 16.0. The summed E-state index contributed by atoms with van der Waals surface area (Å²) in [6.07, 6.45) is 2.42. The molecule has 2 aromatic rings. The summed E-state index contributed by atoms with van der Waals surface area (Å²) in [5.41, 5.74) is 3.49. The molecule has 1 aromatic carbocycles. The number of benzene rings is 1. The fourth-order valence-electron chi connectivity index (χ4n) is 3.59. The van der Waals surface area contributed by atoms with E-state index in [1.807, 2.05) is 31.7 Å². The zero-order chi connectivity index (χ0) is 19.6. The molecule has 0 bridgehead atoms. The maximum absolute atomic E-state index is 12.8. The van der Waals surface area contributed by atoms with Gasteiger partial charge in [0, 0.05) is 36.0 Å². The van der Waals surface area contributed by atoms with E-state index in [1.165, 1.54) is 0 Å². The number of likely N-dealkylation sites (tertiary alicyclic amines) is 1. The number of ether oxygens (including phenoxy) is 1. The van der Waals surface area contributed by atoms with Crippen LogP contribution in [0.1, 0.15) is 36.7 Å². The largest absolute Gasteiger partial charge is 0.378 e. The molecule has 0 unspecified atom stereocenters. The number of piperidine rings is 1. The summed E-state index contributed by atoms with van der Waals surface area (Å²) in [7, 11) is 0. The third-order valence-electron chi connectivity index (χ3n) is 5.10. The average Bonchev–Trinajstić information content (AvgIpc) is 2.90. The quantitative estimate of drug-likeness (QED) is 0.736. The van der Waals surface area contributed by atoms with Crippen LogP contribution in [0, 0.1) is 13.8 Å². The molecule has 3 rings (SSSR count). The normalized spacial score (nSPS) is 15.4. The van der Waals surface area contributed by atoms with Gasteiger partial charge in [-0.3, -0.25) is 4.79 Å². The van der Waals surface area contributed by atoms with E-state index in [0.29, 0.717) is 16.5 Å². The smallest absolute Gasteiger partial charge is 0.227 e. The fourth-order valence-corrected chi connectivity index (χ4v) is 4.08. The number of carbonyl (C=O) groups is 1. The van der Waals surface area contributed by atoms with Crippen molar-refractivity contribution in [2.45, 2.75) is 46.1 Å². The van der Waals surface area contributed by atoms with Gasteiger partial charge in [0.1, 0.15) is 0 Å². The number of amides is 1. The van der Waals surface area contributed by atoms with Crippen molar-refractivity contribution in [3.05, 3.63) is 45.2 Å². The van der Waals surface area contributed by atoms with Crippen molar-refractivity contribution in [2.24, 2.45) is 0 Å². The SMILES string of the molecule is CCOC1CCN(C(=O)Cc2c(C)nn(-c3ccc(Cl)cc3Cl)c2C)CC1. The lowest BCUT2D eigenvalue weighted by Crippen LogP contribution is -2.41. The molecule has 7 heteroatoms. The Morgan fingerprint density at radius 2 is 1.96 bits per heavy atom. The van der Waals surface area contributed by atoms with Crippen LogP contribution in [0.25, 0.3) is 5.69 Å². The lowest BCUT2D eigenvalue weighted by molar-refractivity contribution is -0.133. The highest BCUT2D eigenvalue weighted by molar-refractivity contribution is 6.35. The lowest BCUT2D eigenvalue weighted by Gasteiger charge is -2.31. The Morgan fingerprint density at radius 3 is 2.59 bits per heavy atom. The van der Waals surface area contributed by atoms with Crippen molar-refractivity contribution in [3.8, 4) is 5.69 Å². The van der Waals surface area contributed by atoms with E-state index < -0.39 is 0 Å². The molecule has 1 fully saturated rings. The second-order valence-electron chi connectivity index (χ2n) is 6.87. The van der Waals surface area contributed by atoms with Gasteiger partial charge in [0.25, 0.3) is 0 Å². The molecule has 1 aliphatic rings. The second kappa shape index (κ2) is 8.63. The number of aryl methyl sites for hydroxylation is 1. The van der Waals surface area contributed by atoms with E-state index in [-0.39, 0.29) is 12.0 Å². The van der Waals surface area contributed by atoms with Crippen molar-refractivity contribution in [1.82, 2.24) is 14.7 Å². The summed E-state index contributed by atoms with van der Waals surface area (Å²) in [5.74, 6) is 0.137. The molecule has 2 heterocycles. The van der Waals surface area contributed by atoms with Gasteiger partial charge in [-0.15, -0.1) is 0 Å². The second-order valence-corrected chi connectivity index (χ2v) is 7.71. The minimum Gasteiger partial charge on any atom is -0.378 e. The Morgan fingerprint density at radius 1 is 1.26 bits per heavy atom. The Kier molecular flexibility index (Phi) is 6.45. The number of rotatable bonds is 5. The highest BCUT2D eigenvalue weighted by Gasteiger charge is 2.25. The first-order chi connectivity index (χ1) is 12.9. The summed E-state index contributed by atoms with van der Waals surface area (Å²) in [5, 5.41) is 5.72. The monoisotopic (exact) mass is 409 g/mol. The van der Waals surface area contributed by atoms with Gasteiger partial charge in [0.2, 0.25) is 5.91 Å². The molecule has 5 nitrogen and oxygen atoms in total. The lowest BCUT2D eigenvalue weighted by atomic mass is 10.1. The predicted molar refractivity (Wildman–Crippen MR) is 108 cm³/mol. The zero-order valence-corrected chi connectivity index (χ0v) is 17.5. The van der Waals surface area contributed by atoms with Crippen LogP contribution in [0.2, 0.25) is 10.0 Å². The van der Waals surface area contributed by atoms with Crippen molar-refractivity contribution in [3.63, 3.8) is 0 Å². The number of halogens is 2. The van der Waals surface area contributed by atoms with E-state index in [9.17, 15) is 4.79 Å². The summed E-state index contributed by atoms with van der Waals surface area (Å²) in [6, 6.07) is 5.32. The summed E-state index contributed by atoms with van der Waals surface area (Å²) >= 11 is 12.3. The van der Waals surface area contributed by atoms with Gasteiger partial charge in [0.05, 0.1) is 28.9 Å². The topological polar surface area (TPSA) is 47.4 Å². The van der Waals surface area contributed by atoms with Crippen LogP contribution >= 0.6 is 23.2 Å². The molecule has 1 aliphatic heterocycles. The van der Waals surface area contributed by atoms with E-state index in [2.05, 4.69) is 5.10 Å². The van der Waals surface area contributed by atoms with Crippen molar-refractivity contribution in [1.29, 1.82) is 0 Å². The Hall–Kier alpha value is -1.56. The fraction of sp³-hybridized carbons (Fsp3) is 0.500. The van der Waals surface area contributed by atoms with E-state index in [4.69, 9.17) is 27.9 Å². The van der Waals surface area contributed by atoms with Gasteiger partial charge in [-0.05, 0) is 51.8 Å².